The summed E-state index contributed by atoms with van der Waals surface area (Å²) in [5.41, 5.74) is -4.54. The topological polar surface area (TPSA) is 82.3 Å². The molecule has 12 heteroatoms. The van der Waals surface area contributed by atoms with Crippen LogP contribution in [0.2, 0.25) is 5.02 Å². The summed E-state index contributed by atoms with van der Waals surface area (Å²) in [4.78, 5) is 35.4. The second-order valence-electron chi connectivity index (χ2n) is 6.42. The molecule has 3 rings (SSSR count). The van der Waals surface area contributed by atoms with Crippen molar-refractivity contribution in [2.45, 2.75) is 6.18 Å². The summed E-state index contributed by atoms with van der Waals surface area (Å²) in [6, 6.07) is 8.23. The molecule has 0 aliphatic heterocycles. The molecule has 1 aromatic heterocycles. The number of aldehydes is 1. The summed E-state index contributed by atoms with van der Waals surface area (Å²) in [5, 5.41) is 2.55. The number of carbonyl (C=O) groups excluding carboxylic acids is 1. The highest BCUT2D eigenvalue weighted by Crippen LogP contribution is 2.36. The van der Waals surface area contributed by atoms with E-state index in [1.807, 2.05) is 0 Å². The van der Waals surface area contributed by atoms with Gasteiger partial charge in [0.05, 0.1) is 22.9 Å². The Bertz CT molecular complexity index is 1300. The van der Waals surface area contributed by atoms with Gasteiger partial charge in [-0.3, -0.25) is 9.36 Å². The SMILES string of the molecule is Cn1c(C(F)(F)F)cc(=O)n(-c2cc(Oc3ccccc3NCC=O)c(Cl)cc2F)c1=O. The molecule has 7 nitrogen and oxygen atoms in total. The van der Waals surface area contributed by atoms with Gasteiger partial charge in [0.15, 0.2) is 5.75 Å². The number of aromatic nitrogens is 2. The average Bonchev–Trinajstić information content (AvgIpc) is 2.72. The Hall–Kier alpha value is -3.60. The number of hydrogen-bond donors (Lipinski definition) is 1. The zero-order valence-electron chi connectivity index (χ0n) is 16.2. The van der Waals surface area contributed by atoms with Crippen molar-refractivity contribution in [1.82, 2.24) is 9.13 Å². The maximum Gasteiger partial charge on any atom is 0.431 e. The van der Waals surface area contributed by atoms with Crippen molar-refractivity contribution in [1.29, 1.82) is 0 Å². The molecular weight excluding hydrogens is 458 g/mol. The third-order valence-electron chi connectivity index (χ3n) is 4.34. The first kappa shape index (κ1) is 23.1. The van der Waals surface area contributed by atoms with Gasteiger partial charge in [-0.15, -0.1) is 0 Å². The van der Waals surface area contributed by atoms with Gasteiger partial charge < -0.3 is 14.8 Å². The number of alkyl halides is 3. The van der Waals surface area contributed by atoms with Gasteiger partial charge in [-0.2, -0.15) is 13.2 Å². The summed E-state index contributed by atoms with van der Waals surface area (Å²) in [6.45, 7) is -0.0280. The van der Waals surface area contributed by atoms with Crippen LogP contribution in [-0.4, -0.2) is 22.0 Å². The minimum Gasteiger partial charge on any atom is -0.454 e. The van der Waals surface area contributed by atoms with E-state index in [1.54, 1.807) is 18.2 Å². The van der Waals surface area contributed by atoms with Crippen LogP contribution in [0.3, 0.4) is 0 Å². The third kappa shape index (κ3) is 4.52. The van der Waals surface area contributed by atoms with Crippen LogP contribution in [0.15, 0.2) is 52.1 Å². The lowest BCUT2D eigenvalue weighted by atomic mass is 10.2. The lowest BCUT2D eigenvalue weighted by Crippen LogP contribution is -2.41. The fourth-order valence-electron chi connectivity index (χ4n) is 2.86. The minimum absolute atomic E-state index is 0.0280. The van der Waals surface area contributed by atoms with Crippen LogP contribution >= 0.6 is 11.6 Å². The third-order valence-corrected chi connectivity index (χ3v) is 4.63. The van der Waals surface area contributed by atoms with Crippen LogP contribution < -0.4 is 21.3 Å². The molecule has 0 saturated carbocycles. The maximum absolute atomic E-state index is 14.6. The van der Waals surface area contributed by atoms with Crippen molar-refractivity contribution in [2.24, 2.45) is 7.05 Å². The quantitative estimate of drug-likeness (QED) is 0.437. The fraction of sp³-hybridized carbons (Fsp3) is 0.150. The number of halogens is 5. The molecule has 1 heterocycles. The summed E-state index contributed by atoms with van der Waals surface area (Å²) < 4.78 is 59.9. The number of nitrogens with one attached hydrogen (secondary N) is 1. The van der Waals surface area contributed by atoms with Crippen LogP contribution in [0.25, 0.3) is 5.69 Å². The predicted octanol–water partition coefficient (Wildman–Crippen LogP) is 3.75. The lowest BCUT2D eigenvalue weighted by molar-refractivity contribution is -0.144. The molecule has 0 atom stereocenters. The number of anilines is 1. The lowest BCUT2D eigenvalue weighted by Gasteiger charge is -2.16. The highest BCUT2D eigenvalue weighted by atomic mass is 35.5. The van der Waals surface area contributed by atoms with Crippen molar-refractivity contribution in [3.8, 4) is 17.2 Å². The molecule has 0 radical (unpaired) electrons. The molecule has 0 aliphatic carbocycles. The van der Waals surface area contributed by atoms with Gasteiger partial charge in [0.25, 0.3) is 5.56 Å². The van der Waals surface area contributed by atoms with E-state index < -0.39 is 34.6 Å². The van der Waals surface area contributed by atoms with Crippen LogP contribution in [-0.2, 0) is 18.0 Å². The van der Waals surface area contributed by atoms with Crippen molar-refractivity contribution >= 4 is 23.6 Å². The standard InChI is InChI=1S/C20H14ClF4N3O4/c1-27-17(20(23,24)25)10-18(30)28(19(27)31)14-9-16(11(21)8-12(14)22)32-15-5-3-2-4-13(15)26-6-7-29/h2-5,7-10,26H,6H2,1H3. The second kappa shape index (κ2) is 8.87. The number of ether oxygens (including phenoxy) is 1. The minimum atomic E-state index is -4.96. The van der Waals surface area contributed by atoms with E-state index in [0.29, 0.717) is 12.0 Å². The van der Waals surface area contributed by atoms with Gasteiger partial charge in [-0.05, 0) is 18.2 Å². The number of rotatable bonds is 6. The molecule has 0 amide bonds. The summed E-state index contributed by atoms with van der Waals surface area (Å²) in [7, 11) is 0.807. The van der Waals surface area contributed by atoms with E-state index in [9.17, 15) is 31.9 Å². The Balaban J connectivity index is 2.14. The highest BCUT2D eigenvalue weighted by molar-refractivity contribution is 6.32. The van der Waals surface area contributed by atoms with Crippen molar-refractivity contribution in [3.05, 3.63) is 79.8 Å². The molecule has 3 aromatic rings. The summed E-state index contributed by atoms with van der Waals surface area (Å²) in [6.07, 6.45) is -4.34. The van der Waals surface area contributed by atoms with Gasteiger partial charge >= 0.3 is 11.9 Å². The molecule has 0 fully saturated rings. The second-order valence-corrected chi connectivity index (χ2v) is 6.83. The molecule has 0 spiro atoms. The maximum atomic E-state index is 14.6. The Labute approximate surface area is 182 Å². The summed E-state index contributed by atoms with van der Waals surface area (Å²) in [5.74, 6) is -1.13. The Kier molecular flexibility index (Phi) is 6.40. The molecule has 0 bridgehead atoms. The molecule has 2 aromatic carbocycles. The van der Waals surface area contributed by atoms with E-state index >= 15 is 0 Å². The first-order chi connectivity index (χ1) is 15.0. The van der Waals surface area contributed by atoms with Gasteiger partial charge in [-0.1, -0.05) is 23.7 Å². The van der Waals surface area contributed by atoms with Gasteiger partial charge in [-0.25, -0.2) is 13.8 Å². The number of hydrogen-bond acceptors (Lipinski definition) is 5. The normalized spacial score (nSPS) is 11.3. The van der Waals surface area contributed by atoms with Crippen LogP contribution in [0.4, 0.5) is 23.2 Å². The molecule has 0 unspecified atom stereocenters. The number of carbonyl (C=O) groups is 1. The largest absolute Gasteiger partial charge is 0.454 e. The molecule has 0 aliphatic rings. The van der Waals surface area contributed by atoms with Crippen LogP contribution in [0, 0.1) is 5.82 Å². The van der Waals surface area contributed by atoms with E-state index in [2.05, 4.69) is 5.32 Å². The van der Waals surface area contributed by atoms with Crippen molar-refractivity contribution in [3.63, 3.8) is 0 Å². The molecule has 1 N–H and O–H groups in total. The molecule has 0 saturated heterocycles. The van der Waals surface area contributed by atoms with E-state index in [-0.39, 0.29) is 38.3 Å². The molecule has 168 valence electrons. The Morgan fingerprint density at radius 1 is 1.12 bits per heavy atom. The van der Waals surface area contributed by atoms with E-state index in [1.165, 1.54) is 6.07 Å². The Morgan fingerprint density at radius 2 is 1.81 bits per heavy atom. The number of para-hydroxylation sites is 2. The number of benzene rings is 2. The summed E-state index contributed by atoms with van der Waals surface area (Å²) >= 11 is 6.03. The smallest absolute Gasteiger partial charge is 0.431 e. The fourth-order valence-corrected chi connectivity index (χ4v) is 3.05. The first-order valence-electron chi connectivity index (χ1n) is 8.88. The molecular formula is C20H14ClF4N3O4. The zero-order valence-corrected chi connectivity index (χ0v) is 17.0. The van der Waals surface area contributed by atoms with Crippen LogP contribution in [0.5, 0.6) is 11.5 Å². The predicted molar refractivity (Wildman–Crippen MR) is 108 cm³/mol. The van der Waals surface area contributed by atoms with Crippen LogP contribution in [0.1, 0.15) is 5.69 Å². The zero-order chi connectivity index (χ0) is 23.6. The number of nitrogens with zero attached hydrogens (tertiary/aromatic N) is 2. The Morgan fingerprint density at radius 3 is 2.47 bits per heavy atom. The first-order valence-corrected chi connectivity index (χ1v) is 9.26. The average molecular weight is 472 g/mol. The highest BCUT2D eigenvalue weighted by Gasteiger charge is 2.35. The van der Waals surface area contributed by atoms with E-state index in [4.69, 9.17) is 16.3 Å². The van der Waals surface area contributed by atoms with Crippen molar-refractivity contribution in [2.75, 3.05) is 11.9 Å². The van der Waals surface area contributed by atoms with Gasteiger partial charge in [0.2, 0.25) is 0 Å². The monoisotopic (exact) mass is 471 g/mol. The molecule has 32 heavy (non-hydrogen) atoms. The van der Waals surface area contributed by atoms with Gasteiger partial charge in [0.1, 0.15) is 23.5 Å². The van der Waals surface area contributed by atoms with E-state index in [0.717, 1.165) is 19.2 Å². The van der Waals surface area contributed by atoms with Crippen molar-refractivity contribution < 1.29 is 27.1 Å². The van der Waals surface area contributed by atoms with Gasteiger partial charge in [0, 0.05) is 19.2 Å².